The van der Waals surface area contributed by atoms with Gasteiger partial charge in [0.1, 0.15) is 5.82 Å². The molecule has 0 unspecified atom stereocenters. The maximum atomic E-state index is 6.19. The second-order valence-corrected chi connectivity index (χ2v) is 5.56. The average molecular weight is 330 g/mol. The second kappa shape index (κ2) is 7.98. The van der Waals surface area contributed by atoms with Gasteiger partial charge in [0.2, 0.25) is 0 Å². The Labute approximate surface area is 148 Å². The van der Waals surface area contributed by atoms with Crippen LogP contribution in [-0.4, -0.2) is 14.6 Å². The minimum Gasteiger partial charge on any atom is -0.384 e. The van der Waals surface area contributed by atoms with Gasteiger partial charge in [0.15, 0.2) is 11.5 Å². The number of anilines is 1. The summed E-state index contributed by atoms with van der Waals surface area (Å²) in [4.78, 5) is 4.61. The molecule has 2 heterocycles. The van der Waals surface area contributed by atoms with Crippen LogP contribution in [0.15, 0.2) is 54.6 Å². The highest BCUT2D eigenvalue weighted by atomic mass is 15.3. The Kier molecular flexibility index (Phi) is 5.75. The minimum atomic E-state index is 0.582. The van der Waals surface area contributed by atoms with E-state index in [1.807, 2.05) is 56.3 Å². The van der Waals surface area contributed by atoms with Gasteiger partial charge >= 0.3 is 0 Å². The summed E-state index contributed by atoms with van der Waals surface area (Å²) < 4.78 is 1.68. The zero-order valence-electron chi connectivity index (χ0n) is 14.8. The number of terminal acetylenes is 1. The lowest BCUT2D eigenvalue weighted by atomic mass is 10.0. The Morgan fingerprint density at radius 3 is 2.60 bits per heavy atom. The molecule has 25 heavy (non-hydrogen) atoms. The van der Waals surface area contributed by atoms with Crippen molar-refractivity contribution in [2.24, 2.45) is 0 Å². The van der Waals surface area contributed by atoms with Gasteiger partial charge in [0, 0.05) is 0 Å². The minimum absolute atomic E-state index is 0.582. The molecular weight excluding hydrogens is 308 g/mol. The molecule has 1 aromatic carbocycles. The molecule has 0 saturated heterocycles. The Bertz CT molecular complexity index is 958. The van der Waals surface area contributed by atoms with Crippen molar-refractivity contribution in [3.05, 3.63) is 66.0 Å². The van der Waals surface area contributed by atoms with Gasteiger partial charge in [-0.05, 0) is 55.2 Å². The number of rotatable bonds is 3. The van der Waals surface area contributed by atoms with Gasteiger partial charge in [-0.25, -0.2) is 4.98 Å². The van der Waals surface area contributed by atoms with E-state index in [1.54, 1.807) is 4.52 Å². The van der Waals surface area contributed by atoms with Gasteiger partial charge in [-0.1, -0.05) is 42.5 Å². The highest BCUT2D eigenvalue weighted by Crippen LogP contribution is 2.26. The van der Waals surface area contributed by atoms with Crippen molar-refractivity contribution in [2.45, 2.75) is 20.8 Å². The third kappa shape index (κ3) is 3.78. The van der Waals surface area contributed by atoms with Crippen molar-refractivity contribution >= 4 is 17.0 Å². The van der Waals surface area contributed by atoms with Crippen LogP contribution in [0.25, 0.3) is 22.3 Å². The number of benzene rings is 1. The summed E-state index contributed by atoms with van der Waals surface area (Å²) in [6, 6.07) is 12.2. The van der Waals surface area contributed by atoms with Gasteiger partial charge < -0.3 is 5.73 Å². The van der Waals surface area contributed by atoms with Crippen molar-refractivity contribution in [3.8, 4) is 24.0 Å². The molecule has 0 aliphatic carbocycles. The summed E-state index contributed by atoms with van der Waals surface area (Å²) in [6.07, 6.45) is 13.9. The first-order chi connectivity index (χ1) is 12.1. The molecule has 2 aromatic heterocycles. The monoisotopic (exact) mass is 330 g/mol. The topological polar surface area (TPSA) is 56.2 Å². The standard InChI is InChI=1S/C19H20N4.C2H2/c1-4-5-8-14(3)19-21-18-12-15(11-17(20)23(18)22-19)16-10-7-6-9-13(16)2;1-2/h4-12H,20H2,1-3H3;1-2H/b5-4-,14-8+;. The number of nitrogen functional groups attached to an aromatic ring is 1. The maximum Gasteiger partial charge on any atom is 0.177 e. The molecule has 0 bridgehead atoms. The molecule has 3 rings (SSSR count). The predicted octanol–water partition coefficient (Wildman–Crippen LogP) is 4.52. The molecule has 4 nitrogen and oxygen atoms in total. The molecule has 126 valence electrons. The van der Waals surface area contributed by atoms with Gasteiger partial charge in [-0.3, -0.25) is 0 Å². The first kappa shape index (κ1) is 18.0. The molecule has 0 saturated carbocycles. The molecule has 0 atom stereocenters. The smallest absolute Gasteiger partial charge is 0.177 e. The van der Waals surface area contributed by atoms with Crippen LogP contribution in [0.4, 0.5) is 5.82 Å². The van der Waals surface area contributed by atoms with Crippen LogP contribution in [0.5, 0.6) is 0 Å². The SMILES string of the molecule is C#C.C/C=C\C=C(/C)c1nc2cc(-c3ccccc3C)cc(N)n2n1. The van der Waals surface area contributed by atoms with E-state index < -0.39 is 0 Å². The fraction of sp³-hybridized carbons (Fsp3) is 0.143. The molecule has 0 aliphatic heterocycles. The highest BCUT2D eigenvalue weighted by molar-refractivity contribution is 5.74. The van der Waals surface area contributed by atoms with E-state index in [-0.39, 0.29) is 0 Å². The summed E-state index contributed by atoms with van der Waals surface area (Å²) >= 11 is 0. The van der Waals surface area contributed by atoms with E-state index >= 15 is 0 Å². The highest BCUT2D eigenvalue weighted by Gasteiger charge is 2.10. The first-order valence-corrected chi connectivity index (χ1v) is 7.95. The number of nitrogens with zero attached hydrogens (tertiary/aromatic N) is 3. The molecule has 0 spiro atoms. The van der Waals surface area contributed by atoms with Gasteiger partial charge in [0.25, 0.3) is 0 Å². The van der Waals surface area contributed by atoms with E-state index in [0.29, 0.717) is 11.6 Å². The van der Waals surface area contributed by atoms with Crippen molar-refractivity contribution in [3.63, 3.8) is 0 Å². The van der Waals surface area contributed by atoms with Crippen molar-refractivity contribution < 1.29 is 0 Å². The second-order valence-electron chi connectivity index (χ2n) is 5.56. The first-order valence-electron chi connectivity index (χ1n) is 7.95. The molecule has 4 heteroatoms. The molecule has 0 fully saturated rings. The summed E-state index contributed by atoms with van der Waals surface area (Å²) in [5.74, 6) is 1.27. The molecular formula is C21H22N4. The maximum absolute atomic E-state index is 6.19. The lowest BCUT2D eigenvalue weighted by Gasteiger charge is -2.07. The Morgan fingerprint density at radius 2 is 1.92 bits per heavy atom. The van der Waals surface area contributed by atoms with E-state index in [2.05, 4.69) is 42.0 Å². The number of aryl methyl sites for hydroxylation is 1. The van der Waals surface area contributed by atoms with Crippen molar-refractivity contribution in [1.29, 1.82) is 0 Å². The number of pyridine rings is 1. The Hall–Kier alpha value is -3.32. The number of aromatic nitrogens is 3. The van der Waals surface area contributed by atoms with Crippen LogP contribution in [0.3, 0.4) is 0 Å². The third-order valence-corrected chi connectivity index (χ3v) is 3.81. The third-order valence-electron chi connectivity index (χ3n) is 3.81. The van der Waals surface area contributed by atoms with E-state index in [4.69, 9.17) is 5.73 Å². The van der Waals surface area contributed by atoms with Crippen LogP contribution in [0.1, 0.15) is 25.2 Å². The lowest BCUT2D eigenvalue weighted by molar-refractivity contribution is 0.961. The molecule has 0 radical (unpaired) electrons. The summed E-state index contributed by atoms with van der Waals surface area (Å²) in [7, 11) is 0. The van der Waals surface area contributed by atoms with Crippen molar-refractivity contribution in [1.82, 2.24) is 14.6 Å². The normalized spacial score (nSPS) is 11.5. The zero-order chi connectivity index (χ0) is 18.4. The summed E-state index contributed by atoms with van der Waals surface area (Å²) in [5, 5.41) is 4.50. The van der Waals surface area contributed by atoms with E-state index in [0.717, 1.165) is 22.3 Å². The van der Waals surface area contributed by atoms with Crippen LogP contribution in [0, 0.1) is 19.8 Å². The predicted molar refractivity (Wildman–Crippen MR) is 106 cm³/mol. The number of nitrogens with two attached hydrogens (primary N) is 1. The van der Waals surface area contributed by atoms with E-state index in [9.17, 15) is 0 Å². The quantitative estimate of drug-likeness (QED) is 0.567. The van der Waals surface area contributed by atoms with E-state index in [1.165, 1.54) is 5.56 Å². The van der Waals surface area contributed by atoms with Gasteiger partial charge in [0.05, 0.1) is 0 Å². The lowest BCUT2D eigenvalue weighted by Crippen LogP contribution is -1.99. The Balaban J connectivity index is 0.00000109. The molecule has 2 N–H and O–H groups in total. The molecule has 0 aliphatic rings. The number of allylic oxidation sites excluding steroid dienone is 4. The van der Waals surface area contributed by atoms with Crippen LogP contribution in [0.2, 0.25) is 0 Å². The summed E-state index contributed by atoms with van der Waals surface area (Å²) in [6.45, 7) is 6.06. The van der Waals surface area contributed by atoms with Crippen LogP contribution in [-0.2, 0) is 0 Å². The Morgan fingerprint density at radius 1 is 1.20 bits per heavy atom. The number of hydrogen-bond acceptors (Lipinski definition) is 3. The van der Waals surface area contributed by atoms with Gasteiger partial charge in [-0.2, -0.15) is 4.52 Å². The average Bonchev–Trinajstić information content (AvgIpc) is 3.06. The van der Waals surface area contributed by atoms with Crippen molar-refractivity contribution in [2.75, 3.05) is 5.73 Å². The molecule has 3 aromatic rings. The zero-order valence-corrected chi connectivity index (χ0v) is 14.8. The summed E-state index contributed by atoms with van der Waals surface area (Å²) in [5.41, 5.74) is 11.4. The fourth-order valence-electron chi connectivity index (χ4n) is 2.54. The largest absolute Gasteiger partial charge is 0.384 e. The number of fused-ring (bicyclic) bond motifs is 1. The fourth-order valence-corrected chi connectivity index (χ4v) is 2.54. The van der Waals surface area contributed by atoms with Crippen LogP contribution < -0.4 is 5.73 Å². The number of hydrogen-bond donors (Lipinski definition) is 1. The molecule has 0 amide bonds. The van der Waals surface area contributed by atoms with Gasteiger partial charge in [-0.15, -0.1) is 17.9 Å². The van der Waals surface area contributed by atoms with Crippen LogP contribution >= 0.6 is 0 Å².